The van der Waals surface area contributed by atoms with E-state index < -0.39 is 0 Å². The summed E-state index contributed by atoms with van der Waals surface area (Å²) < 4.78 is 11.4. The van der Waals surface area contributed by atoms with Crippen molar-refractivity contribution in [1.29, 1.82) is 0 Å². The van der Waals surface area contributed by atoms with Crippen molar-refractivity contribution in [2.24, 2.45) is 0 Å². The summed E-state index contributed by atoms with van der Waals surface area (Å²) in [4.78, 5) is 2.34. The Kier molecular flexibility index (Phi) is 3.86. The number of likely N-dealkylation sites (tertiary alicyclic amines) is 1. The van der Waals surface area contributed by atoms with E-state index in [-0.39, 0.29) is 24.4 Å². The summed E-state index contributed by atoms with van der Waals surface area (Å²) in [7, 11) is 1.78. The first-order valence-corrected chi connectivity index (χ1v) is 7.32. The molecule has 1 saturated heterocycles. The van der Waals surface area contributed by atoms with Crippen LogP contribution in [0.5, 0.6) is 0 Å². The van der Waals surface area contributed by atoms with Crippen LogP contribution in [0.4, 0.5) is 0 Å². The summed E-state index contributed by atoms with van der Waals surface area (Å²) in [6.45, 7) is 1.60. The topological polar surface area (TPSA) is 66.1 Å². The molecule has 3 atom stereocenters. The molecule has 1 aromatic rings. The number of aliphatic hydroxyl groups is 2. The highest BCUT2D eigenvalue weighted by Gasteiger charge is 2.50. The van der Waals surface area contributed by atoms with Crippen molar-refractivity contribution in [1.82, 2.24) is 4.90 Å². The molecule has 2 heterocycles. The molecule has 0 aromatic carbocycles. The fourth-order valence-electron chi connectivity index (χ4n) is 3.75. The summed E-state index contributed by atoms with van der Waals surface area (Å²) in [6, 6.07) is 3.97. The van der Waals surface area contributed by atoms with Gasteiger partial charge < -0.3 is 19.4 Å². The predicted octanol–water partition coefficient (Wildman–Crippen LogP) is 1.28. The minimum atomic E-state index is -0.228. The Morgan fingerprint density at radius 2 is 2.20 bits per heavy atom. The van der Waals surface area contributed by atoms with Crippen molar-refractivity contribution in [2.75, 3.05) is 13.7 Å². The molecule has 112 valence electrons. The van der Waals surface area contributed by atoms with Gasteiger partial charge in [0.05, 0.1) is 18.2 Å². The minimum Gasteiger partial charge on any atom is -0.462 e. The normalized spacial score (nSPS) is 34.4. The number of hydrogen-bond acceptors (Lipinski definition) is 5. The maximum Gasteiger partial charge on any atom is 0.129 e. The highest BCUT2D eigenvalue weighted by atomic mass is 16.5. The van der Waals surface area contributed by atoms with E-state index in [2.05, 4.69) is 4.90 Å². The lowest BCUT2D eigenvalue weighted by molar-refractivity contribution is -0.0885. The Morgan fingerprint density at radius 3 is 2.90 bits per heavy atom. The molecule has 0 bridgehead atoms. The molecule has 1 aliphatic carbocycles. The second-order valence-corrected chi connectivity index (χ2v) is 5.96. The van der Waals surface area contributed by atoms with E-state index >= 15 is 0 Å². The van der Waals surface area contributed by atoms with Crippen LogP contribution in [-0.2, 0) is 17.9 Å². The Morgan fingerprint density at radius 1 is 1.40 bits per heavy atom. The van der Waals surface area contributed by atoms with E-state index in [9.17, 15) is 5.11 Å². The van der Waals surface area contributed by atoms with Crippen LogP contribution >= 0.6 is 0 Å². The first-order valence-electron chi connectivity index (χ1n) is 7.32. The first-order chi connectivity index (χ1) is 9.66. The molecular weight excluding hydrogens is 258 g/mol. The number of aliphatic hydroxyl groups excluding tert-OH is 2. The van der Waals surface area contributed by atoms with Crippen molar-refractivity contribution in [2.45, 2.75) is 56.6 Å². The van der Waals surface area contributed by atoms with Gasteiger partial charge in [-0.15, -0.1) is 0 Å². The monoisotopic (exact) mass is 281 g/mol. The summed E-state index contributed by atoms with van der Waals surface area (Å²) in [5.74, 6) is 1.46. The Bertz CT molecular complexity index is 460. The minimum absolute atomic E-state index is 0.0653. The summed E-state index contributed by atoms with van der Waals surface area (Å²) in [5, 5.41) is 19.0. The molecule has 2 fully saturated rings. The summed E-state index contributed by atoms with van der Waals surface area (Å²) in [5.41, 5.74) is -0.106. The smallest absolute Gasteiger partial charge is 0.129 e. The Balaban J connectivity index is 1.73. The fraction of sp³-hybridized carbons (Fsp3) is 0.733. The van der Waals surface area contributed by atoms with Crippen LogP contribution in [0.2, 0.25) is 0 Å². The highest BCUT2D eigenvalue weighted by molar-refractivity contribution is 5.10. The molecule has 0 unspecified atom stereocenters. The van der Waals surface area contributed by atoms with Gasteiger partial charge >= 0.3 is 0 Å². The number of ether oxygens (including phenoxy) is 1. The van der Waals surface area contributed by atoms with Crippen molar-refractivity contribution >= 4 is 0 Å². The van der Waals surface area contributed by atoms with Crippen LogP contribution in [0.1, 0.15) is 37.2 Å². The van der Waals surface area contributed by atoms with Gasteiger partial charge in [-0.05, 0) is 37.8 Å². The molecule has 2 aliphatic rings. The molecule has 5 heteroatoms. The van der Waals surface area contributed by atoms with Crippen molar-refractivity contribution in [3.05, 3.63) is 23.7 Å². The summed E-state index contributed by atoms with van der Waals surface area (Å²) in [6.07, 6.45) is 3.29. The average molecular weight is 281 g/mol. The Labute approximate surface area is 119 Å². The van der Waals surface area contributed by atoms with Gasteiger partial charge in [0.25, 0.3) is 0 Å². The number of fused-ring (bicyclic) bond motifs is 1. The van der Waals surface area contributed by atoms with Gasteiger partial charge in [-0.25, -0.2) is 0 Å². The first kappa shape index (κ1) is 14.1. The van der Waals surface area contributed by atoms with E-state index in [1.807, 2.05) is 12.1 Å². The average Bonchev–Trinajstić information content (AvgIpc) is 3.05. The van der Waals surface area contributed by atoms with Crippen molar-refractivity contribution in [3.8, 4) is 0 Å². The third-order valence-corrected chi connectivity index (χ3v) is 4.90. The molecule has 20 heavy (non-hydrogen) atoms. The van der Waals surface area contributed by atoms with Crippen LogP contribution < -0.4 is 0 Å². The van der Waals surface area contributed by atoms with Gasteiger partial charge in [-0.3, -0.25) is 4.90 Å². The van der Waals surface area contributed by atoms with Crippen LogP contribution in [0.3, 0.4) is 0 Å². The Hall–Kier alpha value is -0.880. The van der Waals surface area contributed by atoms with Gasteiger partial charge in [-0.2, -0.15) is 0 Å². The van der Waals surface area contributed by atoms with E-state index in [1.165, 1.54) is 0 Å². The molecule has 2 N–H and O–H groups in total. The lowest BCUT2D eigenvalue weighted by Gasteiger charge is -2.42. The SMILES string of the molecule is CO[C@]12CC[C@H](O)C[C@H]1N(Cc1ccc(CO)o1)CC2. The highest BCUT2D eigenvalue weighted by Crippen LogP contribution is 2.42. The third-order valence-electron chi connectivity index (χ3n) is 4.90. The van der Waals surface area contributed by atoms with Crippen LogP contribution in [0, 0.1) is 0 Å². The van der Waals surface area contributed by atoms with Crippen LogP contribution in [0.15, 0.2) is 16.5 Å². The lowest BCUT2D eigenvalue weighted by atomic mass is 9.79. The zero-order valence-corrected chi connectivity index (χ0v) is 11.9. The number of furan rings is 1. The molecule has 0 amide bonds. The van der Waals surface area contributed by atoms with Crippen molar-refractivity contribution < 1.29 is 19.4 Å². The molecule has 0 spiro atoms. The quantitative estimate of drug-likeness (QED) is 0.870. The van der Waals surface area contributed by atoms with E-state index in [1.54, 1.807) is 7.11 Å². The van der Waals surface area contributed by atoms with E-state index in [0.29, 0.717) is 12.3 Å². The molecule has 3 rings (SSSR count). The maximum absolute atomic E-state index is 9.95. The molecule has 5 nitrogen and oxygen atoms in total. The second-order valence-electron chi connectivity index (χ2n) is 5.96. The second kappa shape index (κ2) is 5.48. The number of nitrogens with zero attached hydrogens (tertiary/aromatic N) is 1. The third kappa shape index (κ3) is 2.39. The number of rotatable bonds is 4. The van der Waals surface area contributed by atoms with Gasteiger partial charge in [0.1, 0.15) is 18.1 Å². The molecule has 0 radical (unpaired) electrons. The largest absolute Gasteiger partial charge is 0.462 e. The molecular formula is C15H23NO4. The predicted molar refractivity (Wildman–Crippen MR) is 73.0 cm³/mol. The van der Waals surface area contributed by atoms with Gasteiger partial charge in [0, 0.05) is 19.7 Å². The van der Waals surface area contributed by atoms with Crippen molar-refractivity contribution in [3.63, 3.8) is 0 Å². The van der Waals surface area contributed by atoms with Crippen LogP contribution in [0.25, 0.3) is 0 Å². The molecule has 1 aromatic heterocycles. The standard InChI is InChI=1S/C15H23NO4/c1-19-15-5-4-11(18)8-14(15)16(7-6-15)9-12-2-3-13(10-17)20-12/h2-3,11,14,17-18H,4-10H2,1H3/t11-,14+,15-/m0/s1. The summed E-state index contributed by atoms with van der Waals surface area (Å²) >= 11 is 0. The number of hydrogen-bond donors (Lipinski definition) is 2. The zero-order chi connectivity index (χ0) is 14.2. The van der Waals surface area contributed by atoms with Gasteiger partial charge in [-0.1, -0.05) is 0 Å². The van der Waals surface area contributed by atoms with E-state index in [0.717, 1.165) is 38.0 Å². The maximum atomic E-state index is 9.95. The molecule has 1 saturated carbocycles. The molecule has 1 aliphatic heterocycles. The van der Waals surface area contributed by atoms with Gasteiger partial charge in [0.15, 0.2) is 0 Å². The van der Waals surface area contributed by atoms with Crippen LogP contribution in [-0.4, -0.2) is 46.5 Å². The number of methoxy groups -OCH3 is 1. The zero-order valence-electron chi connectivity index (χ0n) is 11.9. The lowest BCUT2D eigenvalue weighted by Crippen LogP contribution is -2.51. The van der Waals surface area contributed by atoms with Gasteiger partial charge in [0.2, 0.25) is 0 Å². The van der Waals surface area contributed by atoms with E-state index in [4.69, 9.17) is 14.3 Å². The fourth-order valence-corrected chi connectivity index (χ4v) is 3.75.